The van der Waals surface area contributed by atoms with Gasteiger partial charge >= 0.3 is 0 Å². The Morgan fingerprint density at radius 1 is 0.906 bits per heavy atom. The van der Waals surface area contributed by atoms with Gasteiger partial charge in [-0.3, -0.25) is 9.59 Å². The molecule has 0 aliphatic rings. The van der Waals surface area contributed by atoms with E-state index in [1.165, 1.54) is 12.1 Å². The molecule has 0 aliphatic heterocycles. The standard InChI is InChI=1S/C26H27FN2O3/c1-32-17-16-28-26(31)25(22-10-6-3-7-11-22)29(19-21-12-14-23(27)15-13-21)24(30)18-20-8-4-2-5-9-20/h2-15,25H,16-19H2,1H3,(H,28,31). The highest BCUT2D eigenvalue weighted by atomic mass is 19.1. The molecule has 166 valence electrons. The summed E-state index contributed by atoms with van der Waals surface area (Å²) in [6.45, 7) is 0.863. The highest BCUT2D eigenvalue weighted by Crippen LogP contribution is 2.25. The van der Waals surface area contributed by atoms with Crippen molar-refractivity contribution in [1.82, 2.24) is 10.2 Å². The van der Waals surface area contributed by atoms with Crippen molar-refractivity contribution in [3.05, 3.63) is 107 Å². The second-order valence-electron chi connectivity index (χ2n) is 7.41. The van der Waals surface area contributed by atoms with Gasteiger partial charge in [-0.2, -0.15) is 0 Å². The van der Waals surface area contributed by atoms with Crippen LogP contribution in [0.1, 0.15) is 22.7 Å². The van der Waals surface area contributed by atoms with Crippen LogP contribution < -0.4 is 5.32 Å². The number of ether oxygens (including phenoxy) is 1. The maximum absolute atomic E-state index is 13.5. The van der Waals surface area contributed by atoms with E-state index in [4.69, 9.17) is 4.74 Å². The average molecular weight is 435 g/mol. The second-order valence-corrected chi connectivity index (χ2v) is 7.41. The Balaban J connectivity index is 1.96. The van der Waals surface area contributed by atoms with Gasteiger partial charge in [-0.05, 0) is 28.8 Å². The topological polar surface area (TPSA) is 58.6 Å². The molecular weight excluding hydrogens is 407 g/mol. The molecule has 0 radical (unpaired) electrons. The maximum Gasteiger partial charge on any atom is 0.247 e. The van der Waals surface area contributed by atoms with Crippen molar-refractivity contribution in [1.29, 1.82) is 0 Å². The maximum atomic E-state index is 13.5. The summed E-state index contributed by atoms with van der Waals surface area (Å²) in [4.78, 5) is 28.3. The molecule has 0 aliphatic carbocycles. The number of hydrogen-bond donors (Lipinski definition) is 1. The van der Waals surface area contributed by atoms with E-state index in [1.807, 2.05) is 60.7 Å². The Bertz CT molecular complexity index is 995. The van der Waals surface area contributed by atoms with Crippen molar-refractivity contribution in [3.63, 3.8) is 0 Å². The van der Waals surface area contributed by atoms with Gasteiger partial charge < -0.3 is 15.0 Å². The Morgan fingerprint density at radius 2 is 1.53 bits per heavy atom. The zero-order valence-corrected chi connectivity index (χ0v) is 18.0. The van der Waals surface area contributed by atoms with Crippen LogP contribution >= 0.6 is 0 Å². The van der Waals surface area contributed by atoms with Gasteiger partial charge in [0.05, 0.1) is 13.0 Å². The van der Waals surface area contributed by atoms with E-state index >= 15 is 0 Å². The number of hydrogen-bond acceptors (Lipinski definition) is 3. The molecule has 0 aromatic heterocycles. The average Bonchev–Trinajstić information content (AvgIpc) is 2.81. The van der Waals surface area contributed by atoms with E-state index in [2.05, 4.69) is 5.32 Å². The fourth-order valence-electron chi connectivity index (χ4n) is 3.46. The Morgan fingerprint density at radius 3 is 2.16 bits per heavy atom. The third-order valence-corrected chi connectivity index (χ3v) is 5.07. The number of rotatable bonds is 10. The van der Waals surface area contributed by atoms with E-state index < -0.39 is 6.04 Å². The fraction of sp³-hybridized carbons (Fsp3) is 0.231. The molecule has 1 unspecified atom stereocenters. The smallest absolute Gasteiger partial charge is 0.247 e. The van der Waals surface area contributed by atoms with Gasteiger partial charge in [-0.25, -0.2) is 4.39 Å². The van der Waals surface area contributed by atoms with Crippen molar-refractivity contribution in [2.75, 3.05) is 20.3 Å². The van der Waals surface area contributed by atoms with Gasteiger partial charge in [0.25, 0.3) is 0 Å². The van der Waals surface area contributed by atoms with E-state index in [1.54, 1.807) is 24.1 Å². The summed E-state index contributed by atoms with van der Waals surface area (Å²) in [6.07, 6.45) is 0.150. The van der Waals surface area contributed by atoms with Crippen LogP contribution in [0.3, 0.4) is 0 Å². The summed E-state index contributed by atoms with van der Waals surface area (Å²) in [5.41, 5.74) is 2.29. The third kappa shape index (κ3) is 6.49. The van der Waals surface area contributed by atoms with Crippen LogP contribution in [-0.2, 0) is 27.3 Å². The van der Waals surface area contributed by atoms with Crippen molar-refractivity contribution in [2.24, 2.45) is 0 Å². The first-order chi connectivity index (χ1) is 15.6. The van der Waals surface area contributed by atoms with Crippen molar-refractivity contribution >= 4 is 11.8 Å². The Hall–Kier alpha value is -3.51. The third-order valence-electron chi connectivity index (χ3n) is 5.07. The molecule has 3 aromatic carbocycles. The first-order valence-electron chi connectivity index (χ1n) is 10.5. The molecule has 32 heavy (non-hydrogen) atoms. The fourth-order valence-corrected chi connectivity index (χ4v) is 3.46. The van der Waals surface area contributed by atoms with Crippen LogP contribution in [0.25, 0.3) is 0 Å². The number of nitrogens with zero attached hydrogens (tertiary/aromatic N) is 1. The highest BCUT2D eigenvalue weighted by Gasteiger charge is 2.31. The van der Waals surface area contributed by atoms with E-state index in [0.717, 1.165) is 11.1 Å². The molecule has 5 nitrogen and oxygen atoms in total. The van der Waals surface area contributed by atoms with Crippen LogP contribution in [0.15, 0.2) is 84.9 Å². The lowest BCUT2D eigenvalue weighted by Gasteiger charge is -2.32. The number of amides is 2. The molecular formula is C26H27FN2O3. The normalized spacial score (nSPS) is 11.6. The Kier molecular flexibility index (Phi) is 8.52. The molecule has 1 atom stereocenters. The van der Waals surface area contributed by atoms with Crippen LogP contribution in [0.2, 0.25) is 0 Å². The molecule has 0 fully saturated rings. The number of nitrogens with one attached hydrogen (secondary N) is 1. The molecule has 1 N–H and O–H groups in total. The zero-order valence-electron chi connectivity index (χ0n) is 18.0. The molecule has 3 aromatic rings. The lowest BCUT2D eigenvalue weighted by Crippen LogP contribution is -2.44. The zero-order chi connectivity index (χ0) is 22.8. The number of carbonyl (C=O) groups excluding carboxylic acids is 2. The molecule has 0 saturated carbocycles. The van der Waals surface area contributed by atoms with E-state index in [9.17, 15) is 14.0 Å². The van der Waals surface area contributed by atoms with Crippen molar-refractivity contribution in [3.8, 4) is 0 Å². The van der Waals surface area contributed by atoms with Crippen LogP contribution in [0.4, 0.5) is 4.39 Å². The monoisotopic (exact) mass is 434 g/mol. The van der Waals surface area contributed by atoms with Crippen molar-refractivity contribution < 1.29 is 18.7 Å². The first-order valence-corrected chi connectivity index (χ1v) is 10.5. The number of carbonyl (C=O) groups is 2. The van der Waals surface area contributed by atoms with Gasteiger partial charge in [-0.1, -0.05) is 72.8 Å². The minimum Gasteiger partial charge on any atom is -0.383 e. The SMILES string of the molecule is COCCNC(=O)C(c1ccccc1)N(Cc1ccc(F)cc1)C(=O)Cc1ccccc1. The summed E-state index contributed by atoms with van der Waals surface area (Å²) in [5, 5.41) is 2.86. The highest BCUT2D eigenvalue weighted by molar-refractivity contribution is 5.89. The molecule has 6 heteroatoms. The van der Waals surface area contributed by atoms with Gasteiger partial charge in [0.2, 0.25) is 11.8 Å². The lowest BCUT2D eigenvalue weighted by molar-refractivity contribution is -0.141. The first kappa shape index (κ1) is 23.2. The molecule has 0 bridgehead atoms. The largest absolute Gasteiger partial charge is 0.383 e. The number of benzene rings is 3. The summed E-state index contributed by atoms with van der Waals surface area (Å²) < 4.78 is 18.5. The molecule has 2 amide bonds. The minimum absolute atomic E-state index is 0.150. The predicted octanol–water partition coefficient (Wildman–Crippen LogP) is 3.90. The van der Waals surface area contributed by atoms with E-state index in [-0.39, 0.29) is 30.6 Å². The summed E-state index contributed by atoms with van der Waals surface area (Å²) in [6, 6.07) is 23.7. The summed E-state index contributed by atoms with van der Waals surface area (Å²) in [5.74, 6) is -0.846. The molecule has 0 spiro atoms. The van der Waals surface area contributed by atoms with Gasteiger partial charge in [0, 0.05) is 20.2 Å². The number of methoxy groups -OCH3 is 1. The van der Waals surface area contributed by atoms with Crippen LogP contribution in [0, 0.1) is 5.82 Å². The van der Waals surface area contributed by atoms with Crippen LogP contribution in [-0.4, -0.2) is 37.0 Å². The summed E-state index contributed by atoms with van der Waals surface area (Å²) in [7, 11) is 1.56. The Labute approximate surface area is 187 Å². The molecule has 3 rings (SSSR count). The minimum atomic E-state index is -0.839. The van der Waals surface area contributed by atoms with Gasteiger partial charge in [-0.15, -0.1) is 0 Å². The van der Waals surface area contributed by atoms with Crippen LogP contribution in [0.5, 0.6) is 0 Å². The molecule has 0 saturated heterocycles. The van der Waals surface area contributed by atoms with Gasteiger partial charge in [0.1, 0.15) is 11.9 Å². The predicted molar refractivity (Wildman–Crippen MR) is 121 cm³/mol. The summed E-state index contributed by atoms with van der Waals surface area (Å²) >= 11 is 0. The van der Waals surface area contributed by atoms with Crippen molar-refractivity contribution in [2.45, 2.75) is 19.0 Å². The van der Waals surface area contributed by atoms with E-state index in [0.29, 0.717) is 18.7 Å². The molecule has 0 heterocycles. The second kappa shape index (κ2) is 11.8. The quantitative estimate of drug-likeness (QED) is 0.493. The number of halogens is 1. The lowest BCUT2D eigenvalue weighted by atomic mass is 10.0. The van der Waals surface area contributed by atoms with Gasteiger partial charge in [0.15, 0.2) is 0 Å².